The molecule has 0 saturated heterocycles. The van der Waals surface area contributed by atoms with E-state index in [0.29, 0.717) is 11.5 Å². The van der Waals surface area contributed by atoms with Crippen LogP contribution in [0.4, 0.5) is 8.78 Å². The minimum atomic E-state index is -2.86. The highest BCUT2D eigenvalue weighted by atomic mass is 19.3. The van der Waals surface area contributed by atoms with Crippen molar-refractivity contribution in [1.29, 1.82) is 0 Å². The Labute approximate surface area is 118 Å². The highest BCUT2D eigenvalue weighted by molar-refractivity contribution is 5.98. The molecule has 0 N–H and O–H groups in total. The zero-order chi connectivity index (χ0) is 14.5. The van der Waals surface area contributed by atoms with Gasteiger partial charge >= 0.3 is 6.61 Å². The Bertz CT molecular complexity index is 460. The van der Waals surface area contributed by atoms with Gasteiger partial charge in [0.05, 0.1) is 0 Å². The summed E-state index contributed by atoms with van der Waals surface area (Å²) >= 11 is 0. The van der Waals surface area contributed by atoms with Gasteiger partial charge < -0.3 is 4.74 Å². The number of benzene rings is 1. The molecule has 0 spiro atoms. The monoisotopic (exact) mass is 282 g/mol. The molecular formula is C16H20F2O2. The van der Waals surface area contributed by atoms with Gasteiger partial charge in [-0.15, -0.1) is 0 Å². The van der Waals surface area contributed by atoms with E-state index in [1.54, 1.807) is 12.1 Å². The van der Waals surface area contributed by atoms with Crippen LogP contribution in [0.25, 0.3) is 0 Å². The molecule has 2 atom stereocenters. The summed E-state index contributed by atoms with van der Waals surface area (Å²) in [5.41, 5.74) is 0.480. The third-order valence-electron chi connectivity index (χ3n) is 4.11. The summed E-state index contributed by atoms with van der Waals surface area (Å²) in [4.78, 5) is 12.6. The molecule has 4 heteroatoms. The van der Waals surface area contributed by atoms with Crippen molar-refractivity contribution in [2.45, 2.75) is 45.6 Å². The zero-order valence-electron chi connectivity index (χ0n) is 11.6. The molecule has 2 rings (SSSR count). The topological polar surface area (TPSA) is 26.3 Å². The number of alkyl halides is 2. The largest absolute Gasteiger partial charge is 0.435 e. The summed E-state index contributed by atoms with van der Waals surface area (Å²) in [5.74, 6) is 0.553. The first-order valence-corrected chi connectivity index (χ1v) is 7.21. The second-order valence-corrected chi connectivity index (χ2v) is 5.33. The zero-order valence-corrected chi connectivity index (χ0v) is 11.6. The van der Waals surface area contributed by atoms with Gasteiger partial charge in [0.15, 0.2) is 5.78 Å². The van der Waals surface area contributed by atoms with Crippen LogP contribution in [-0.4, -0.2) is 12.4 Å². The minimum absolute atomic E-state index is 0.0237. The number of rotatable bonds is 5. The Morgan fingerprint density at radius 1 is 1.35 bits per heavy atom. The molecular weight excluding hydrogens is 262 g/mol. The molecule has 1 aromatic carbocycles. The van der Waals surface area contributed by atoms with Crippen molar-refractivity contribution in [3.63, 3.8) is 0 Å². The van der Waals surface area contributed by atoms with Crippen LogP contribution in [0, 0.1) is 11.8 Å². The second kappa shape index (κ2) is 6.82. The molecule has 1 aromatic rings. The Morgan fingerprint density at radius 3 is 2.80 bits per heavy atom. The van der Waals surface area contributed by atoms with Gasteiger partial charge in [0, 0.05) is 11.5 Å². The van der Waals surface area contributed by atoms with E-state index < -0.39 is 6.61 Å². The summed E-state index contributed by atoms with van der Waals surface area (Å²) in [6, 6.07) is 6.15. The number of ether oxygens (including phenoxy) is 1. The molecule has 0 radical (unpaired) electrons. The van der Waals surface area contributed by atoms with Crippen LogP contribution < -0.4 is 4.74 Å². The number of Topliss-reactive ketones (excluding diaryl/α,β-unsaturated/α-hetero) is 1. The van der Waals surface area contributed by atoms with Crippen LogP contribution in [0.2, 0.25) is 0 Å². The Balaban J connectivity index is 2.15. The standard InChI is InChI=1S/C16H20F2O2/c1-2-11-6-3-4-9-14(11)15(19)12-7-5-8-13(10-12)20-16(17)18/h5,7-8,10-11,14,16H,2-4,6,9H2,1H3. The van der Waals surface area contributed by atoms with Crippen molar-refractivity contribution in [2.75, 3.05) is 0 Å². The molecule has 110 valence electrons. The van der Waals surface area contributed by atoms with Crippen molar-refractivity contribution in [3.05, 3.63) is 29.8 Å². The first-order chi connectivity index (χ1) is 9.61. The first kappa shape index (κ1) is 14.9. The molecule has 20 heavy (non-hydrogen) atoms. The number of hydrogen-bond donors (Lipinski definition) is 0. The van der Waals surface area contributed by atoms with E-state index in [1.807, 2.05) is 0 Å². The predicted octanol–water partition coefficient (Wildman–Crippen LogP) is 4.69. The number of carbonyl (C=O) groups excluding carboxylic acids is 1. The molecule has 1 aliphatic carbocycles. The molecule has 0 aliphatic heterocycles. The Hall–Kier alpha value is -1.45. The van der Waals surface area contributed by atoms with E-state index in [-0.39, 0.29) is 17.5 Å². The average Bonchev–Trinajstić information content (AvgIpc) is 2.46. The lowest BCUT2D eigenvalue weighted by atomic mass is 9.74. The van der Waals surface area contributed by atoms with Crippen LogP contribution in [0.1, 0.15) is 49.4 Å². The van der Waals surface area contributed by atoms with Crippen LogP contribution in [0.15, 0.2) is 24.3 Å². The fourth-order valence-electron chi connectivity index (χ4n) is 3.08. The molecule has 2 nitrogen and oxygen atoms in total. The van der Waals surface area contributed by atoms with Gasteiger partial charge in [0.2, 0.25) is 0 Å². The maximum Gasteiger partial charge on any atom is 0.387 e. The highest BCUT2D eigenvalue weighted by Crippen LogP contribution is 2.35. The van der Waals surface area contributed by atoms with Crippen molar-refractivity contribution in [2.24, 2.45) is 11.8 Å². The molecule has 0 bridgehead atoms. The van der Waals surface area contributed by atoms with Gasteiger partial charge in [-0.25, -0.2) is 0 Å². The van der Waals surface area contributed by atoms with Gasteiger partial charge in [0.1, 0.15) is 5.75 Å². The quantitative estimate of drug-likeness (QED) is 0.732. The summed E-state index contributed by atoms with van der Waals surface area (Å²) in [7, 11) is 0. The smallest absolute Gasteiger partial charge is 0.387 e. The minimum Gasteiger partial charge on any atom is -0.435 e. The number of ketones is 1. The van der Waals surface area contributed by atoms with Gasteiger partial charge in [-0.2, -0.15) is 8.78 Å². The van der Waals surface area contributed by atoms with E-state index in [0.717, 1.165) is 25.7 Å². The predicted molar refractivity (Wildman–Crippen MR) is 73.1 cm³/mol. The second-order valence-electron chi connectivity index (χ2n) is 5.33. The maximum atomic E-state index is 12.6. The van der Waals surface area contributed by atoms with E-state index in [9.17, 15) is 13.6 Å². The number of hydrogen-bond acceptors (Lipinski definition) is 2. The van der Waals surface area contributed by atoms with E-state index in [4.69, 9.17) is 0 Å². The first-order valence-electron chi connectivity index (χ1n) is 7.21. The molecule has 1 saturated carbocycles. The molecule has 1 fully saturated rings. The molecule has 0 aromatic heterocycles. The summed E-state index contributed by atoms with van der Waals surface area (Å²) in [6.45, 7) is -0.759. The normalized spacial score (nSPS) is 22.8. The van der Waals surface area contributed by atoms with Crippen LogP contribution in [0.3, 0.4) is 0 Å². The van der Waals surface area contributed by atoms with Gasteiger partial charge in [-0.05, 0) is 30.9 Å². The van der Waals surface area contributed by atoms with E-state index in [2.05, 4.69) is 11.7 Å². The van der Waals surface area contributed by atoms with Crippen molar-refractivity contribution in [3.8, 4) is 5.75 Å². The summed E-state index contributed by atoms with van der Waals surface area (Å²) in [6.07, 6.45) is 5.22. The SMILES string of the molecule is CCC1CCCCC1C(=O)c1cccc(OC(F)F)c1. The number of halogens is 2. The Kier molecular flexibility index (Phi) is 5.10. The molecule has 0 amide bonds. The Morgan fingerprint density at radius 2 is 2.10 bits per heavy atom. The van der Waals surface area contributed by atoms with Gasteiger partial charge in [-0.3, -0.25) is 4.79 Å². The lowest BCUT2D eigenvalue weighted by molar-refractivity contribution is -0.0498. The van der Waals surface area contributed by atoms with Crippen molar-refractivity contribution >= 4 is 5.78 Å². The van der Waals surface area contributed by atoms with Gasteiger partial charge in [0.25, 0.3) is 0 Å². The molecule has 0 heterocycles. The van der Waals surface area contributed by atoms with E-state index >= 15 is 0 Å². The van der Waals surface area contributed by atoms with Crippen molar-refractivity contribution < 1.29 is 18.3 Å². The highest BCUT2D eigenvalue weighted by Gasteiger charge is 2.30. The average molecular weight is 282 g/mol. The lowest BCUT2D eigenvalue weighted by Gasteiger charge is -2.29. The summed E-state index contributed by atoms with van der Waals surface area (Å²) < 4.78 is 28.8. The van der Waals surface area contributed by atoms with E-state index in [1.165, 1.54) is 18.6 Å². The van der Waals surface area contributed by atoms with Gasteiger partial charge in [-0.1, -0.05) is 38.3 Å². The van der Waals surface area contributed by atoms with Crippen LogP contribution in [-0.2, 0) is 0 Å². The maximum absolute atomic E-state index is 12.6. The molecule has 2 unspecified atom stereocenters. The van der Waals surface area contributed by atoms with Crippen molar-refractivity contribution in [1.82, 2.24) is 0 Å². The fraction of sp³-hybridized carbons (Fsp3) is 0.562. The fourth-order valence-corrected chi connectivity index (χ4v) is 3.08. The number of carbonyl (C=O) groups is 1. The third kappa shape index (κ3) is 3.56. The van der Waals surface area contributed by atoms with Crippen LogP contribution in [0.5, 0.6) is 5.75 Å². The third-order valence-corrected chi connectivity index (χ3v) is 4.11. The molecule has 1 aliphatic rings. The van der Waals surface area contributed by atoms with Crippen LogP contribution >= 0.6 is 0 Å². The summed E-state index contributed by atoms with van der Waals surface area (Å²) in [5, 5.41) is 0. The lowest BCUT2D eigenvalue weighted by Crippen LogP contribution is -2.27.